The Labute approximate surface area is 210 Å². The van der Waals surface area contributed by atoms with Gasteiger partial charge in [-0.05, 0) is 44.0 Å². The molecule has 1 saturated heterocycles. The van der Waals surface area contributed by atoms with Crippen molar-refractivity contribution < 1.29 is 19.1 Å². The molecule has 2 heterocycles. The van der Waals surface area contributed by atoms with E-state index in [0.717, 1.165) is 16.8 Å². The molecule has 6 rings (SSSR count). The molecule has 3 aromatic rings. The summed E-state index contributed by atoms with van der Waals surface area (Å²) in [5.41, 5.74) is 2.96. The predicted octanol–water partition coefficient (Wildman–Crippen LogP) is 5.42. The number of benzene rings is 3. The van der Waals surface area contributed by atoms with Crippen LogP contribution in [-0.2, 0) is 4.79 Å². The molecule has 3 aliphatic rings. The van der Waals surface area contributed by atoms with Gasteiger partial charge >= 0.3 is 0 Å². The monoisotopic (exact) mass is 477 g/mol. The Bertz CT molecular complexity index is 1430. The lowest BCUT2D eigenvalue weighted by Crippen LogP contribution is -2.48. The largest absolute Gasteiger partial charge is 0.494 e. The standard InChI is InChI=1S/C31H27NO4/c1-4-36-25-12-8-7-11-23(25)27-28(19(3)33)32-24-17-18(2)13-14-20(24)15-16-26(32)31(27)29(34)21-9-5-6-10-22(21)30(31)35/h5-17,26-28H,4H2,1-3H3/t26-,27-,28-/m1/s1. The number of para-hydroxylation sites is 1. The fraction of sp³-hybridized carbons (Fsp3) is 0.258. The second kappa shape index (κ2) is 8.02. The van der Waals surface area contributed by atoms with Crippen molar-refractivity contribution >= 4 is 29.1 Å². The van der Waals surface area contributed by atoms with Gasteiger partial charge in [0.1, 0.15) is 11.2 Å². The first-order valence-electron chi connectivity index (χ1n) is 12.4. The van der Waals surface area contributed by atoms with Gasteiger partial charge in [0.15, 0.2) is 17.3 Å². The smallest absolute Gasteiger partial charge is 0.180 e. The van der Waals surface area contributed by atoms with Gasteiger partial charge in [-0.3, -0.25) is 14.4 Å². The van der Waals surface area contributed by atoms with E-state index in [1.165, 1.54) is 0 Å². The number of ketones is 3. The molecule has 0 aromatic heterocycles. The van der Waals surface area contributed by atoms with E-state index in [2.05, 4.69) is 0 Å². The Morgan fingerprint density at radius 3 is 2.31 bits per heavy atom. The molecule has 1 spiro atoms. The second-order valence-corrected chi connectivity index (χ2v) is 9.85. The maximum Gasteiger partial charge on any atom is 0.180 e. The van der Waals surface area contributed by atoms with E-state index >= 15 is 0 Å². The van der Waals surface area contributed by atoms with Crippen LogP contribution in [0.5, 0.6) is 5.75 Å². The molecule has 0 unspecified atom stereocenters. The molecule has 3 aromatic carbocycles. The Kier molecular flexibility index (Phi) is 5.01. The minimum atomic E-state index is -1.48. The van der Waals surface area contributed by atoms with Crippen LogP contribution in [0.1, 0.15) is 57.2 Å². The van der Waals surface area contributed by atoms with Crippen LogP contribution in [0.25, 0.3) is 6.08 Å². The minimum absolute atomic E-state index is 0.0903. The molecule has 0 N–H and O–H groups in total. The van der Waals surface area contributed by atoms with E-state index in [0.29, 0.717) is 29.0 Å². The maximum atomic E-state index is 14.5. The number of carbonyl (C=O) groups excluding carboxylic acids is 3. The average Bonchev–Trinajstić information content (AvgIpc) is 3.31. The number of fused-ring (bicyclic) bond motifs is 5. The molecule has 36 heavy (non-hydrogen) atoms. The lowest BCUT2D eigenvalue weighted by molar-refractivity contribution is -0.118. The van der Waals surface area contributed by atoms with Crippen LogP contribution in [0.3, 0.4) is 0 Å². The predicted molar refractivity (Wildman–Crippen MR) is 139 cm³/mol. The number of anilines is 1. The van der Waals surface area contributed by atoms with Crippen LogP contribution < -0.4 is 9.64 Å². The molecule has 0 radical (unpaired) electrons. The molecule has 1 aliphatic carbocycles. The van der Waals surface area contributed by atoms with Crippen LogP contribution in [0.4, 0.5) is 5.69 Å². The van der Waals surface area contributed by atoms with Gasteiger partial charge in [0.05, 0.1) is 18.7 Å². The molecule has 5 nitrogen and oxygen atoms in total. The van der Waals surface area contributed by atoms with E-state index in [9.17, 15) is 14.4 Å². The molecule has 2 aliphatic heterocycles. The Balaban J connectivity index is 1.70. The van der Waals surface area contributed by atoms with E-state index < -0.39 is 23.4 Å². The van der Waals surface area contributed by atoms with Crippen molar-refractivity contribution in [2.24, 2.45) is 5.41 Å². The Morgan fingerprint density at radius 1 is 0.972 bits per heavy atom. The fourth-order valence-corrected chi connectivity index (χ4v) is 6.59. The zero-order valence-electron chi connectivity index (χ0n) is 20.5. The summed E-state index contributed by atoms with van der Waals surface area (Å²) >= 11 is 0. The summed E-state index contributed by atoms with van der Waals surface area (Å²) < 4.78 is 6.00. The van der Waals surface area contributed by atoms with E-state index in [1.54, 1.807) is 31.2 Å². The van der Waals surface area contributed by atoms with Crippen molar-refractivity contribution in [3.63, 3.8) is 0 Å². The summed E-state index contributed by atoms with van der Waals surface area (Å²) in [6, 6.07) is 19.3. The highest BCUT2D eigenvalue weighted by Gasteiger charge is 2.71. The first kappa shape index (κ1) is 22.5. The molecule has 5 heteroatoms. The molecule has 180 valence electrons. The van der Waals surface area contributed by atoms with Crippen molar-refractivity contribution in [1.82, 2.24) is 0 Å². The summed E-state index contributed by atoms with van der Waals surface area (Å²) in [5.74, 6) is -0.656. The number of ether oxygens (including phenoxy) is 1. The first-order chi connectivity index (χ1) is 17.4. The molecule has 0 amide bonds. The van der Waals surface area contributed by atoms with Gasteiger partial charge in [0, 0.05) is 28.3 Å². The quantitative estimate of drug-likeness (QED) is 0.470. The third-order valence-corrected chi connectivity index (χ3v) is 7.93. The van der Waals surface area contributed by atoms with Crippen molar-refractivity contribution in [1.29, 1.82) is 0 Å². The molecule has 1 fully saturated rings. The maximum absolute atomic E-state index is 14.5. The van der Waals surface area contributed by atoms with Gasteiger partial charge in [-0.1, -0.05) is 66.7 Å². The topological polar surface area (TPSA) is 63.7 Å². The van der Waals surface area contributed by atoms with Gasteiger partial charge in [0.25, 0.3) is 0 Å². The summed E-state index contributed by atoms with van der Waals surface area (Å²) in [6.07, 6.45) is 3.92. The van der Waals surface area contributed by atoms with Crippen molar-refractivity contribution in [3.05, 3.63) is 101 Å². The molecule has 3 atom stereocenters. The van der Waals surface area contributed by atoms with Gasteiger partial charge in [-0.25, -0.2) is 0 Å². The Hall–Kier alpha value is -3.99. The number of hydrogen-bond acceptors (Lipinski definition) is 5. The zero-order valence-corrected chi connectivity index (χ0v) is 20.5. The van der Waals surface area contributed by atoms with Crippen molar-refractivity contribution in [2.45, 2.75) is 38.8 Å². The molecular weight excluding hydrogens is 450 g/mol. The number of Topliss-reactive ketones (excluding diaryl/α,β-unsaturated/α-hetero) is 3. The van der Waals surface area contributed by atoms with Gasteiger partial charge in [0.2, 0.25) is 0 Å². The van der Waals surface area contributed by atoms with Crippen LogP contribution in [-0.4, -0.2) is 36.0 Å². The number of carbonyl (C=O) groups is 3. The van der Waals surface area contributed by atoms with Crippen molar-refractivity contribution in [3.8, 4) is 5.75 Å². The van der Waals surface area contributed by atoms with Crippen LogP contribution in [0.2, 0.25) is 0 Å². The summed E-state index contributed by atoms with van der Waals surface area (Å²) in [7, 11) is 0. The first-order valence-corrected chi connectivity index (χ1v) is 12.4. The van der Waals surface area contributed by atoms with Crippen molar-refractivity contribution in [2.75, 3.05) is 11.5 Å². The van der Waals surface area contributed by atoms with E-state index in [-0.39, 0.29) is 17.3 Å². The second-order valence-electron chi connectivity index (χ2n) is 9.85. The number of hydrogen-bond donors (Lipinski definition) is 0. The number of aryl methyl sites for hydroxylation is 1. The van der Waals surface area contributed by atoms with Gasteiger partial charge in [-0.2, -0.15) is 0 Å². The van der Waals surface area contributed by atoms with Crippen LogP contribution in [0.15, 0.2) is 72.8 Å². The SMILES string of the molecule is CCOc1ccccc1[C@@H]1[C@@H](C(C)=O)N2c3cc(C)ccc3C=C[C@@H]2C12C(=O)c1ccccc1C2=O. The molecule has 0 saturated carbocycles. The normalized spacial score (nSPS) is 23.0. The molecular formula is C31H27NO4. The summed E-state index contributed by atoms with van der Waals surface area (Å²) in [6.45, 7) is 5.89. The van der Waals surface area contributed by atoms with E-state index in [1.807, 2.05) is 73.4 Å². The lowest BCUT2D eigenvalue weighted by Gasteiger charge is -2.37. The fourth-order valence-electron chi connectivity index (χ4n) is 6.59. The van der Waals surface area contributed by atoms with Gasteiger partial charge < -0.3 is 9.64 Å². The lowest BCUT2D eigenvalue weighted by atomic mass is 9.64. The number of nitrogens with zero attached hydrogens (tertiary/aromatic N) is 1. The number of rotatable bonds is 4. The Morgan fingerprint density at radius 2 is 1.64 bits per heavy atom. The highest BCUT2D eigenvalue weighted by atomic mass is 16.5. The third kappa shape index (κ3) is 2.80. The highest BCUT2D eigenvalue weighted by molar-refractivity contribution is 6.32. The summed E-state index contributed by atoms with van der Waals surface area (Å²) in [5, 5.41) is 0. The zero-order chi connectivity index (χ0) is 25.2. The molecule has 0 bridgehead atoms. The summed E-state index contributed by atoms with van der Waals surface area (Å²) in [4.78, 5) is 44.5. The average molecular weight is 478 g/mol. The third-order valence-electron chi connectivity index (χ3n) is 7.93. The van der Waals surface area contributed by atoms with E-state index in [4.69, 9.17) is 4.74 Å². The van der Waals surface area contributed by atoms with Crippen LogP contribution in [0, 0.1) is 12.3 Å². The van der Waals surface area contributed by atoms with Gasteiger partial charge in [-0.15, -0.1) is 0 Å². The minimum Gasteiger partial charge on any atom is -0.494 e. The van der Waals surface area contributed by atoms with Crippen LogP contribution >= 0.6 is 0 Å². The highest BCUT2D eigenvalue weighted by Crippen LogP contribution is 2.61.